The van der Waals surface area contributed by atoms with Crippen LogP contribution in [0.4, 0.5) is 5.82 Å². The Hall–Kier alpha value is -3.47. The Morgan fingerprint density at radius 3 is 2.40 bits per heavy atom. The van der Waals surface area contributed by atoms with Crippen LogP contribution in [0.15, 0.2) is 67.0 Å². The van der Waals surface area contributed by atoms with E-state index in [0.717, 1.165) is 35.7 Å². The molecule has 30 heavy (non-hydrogen) atoms. The highest BCUT2D eigenvalue weighted by molar-refractivity contribution is 5.92. The SMILES string of the molecule is Cc1ccc(/C=C/C(=O)N2CCN(c3cc(-c4cccc(C)c4)ncn3)CC2)cc1. The van der Waals surface area contributed by atoms with Gasteiger partial charge in [-0.15, -0.1) is 0 Å². The third-order valence-corrected chi connectivity index (χ3v) is 5.38. The van der Waals surface area contributed by atoms with Gasteiger partial charge in [0.2, 0.25) is 5.91 Å². The number of aromatic nitrogens is 2. The van der Waals surface area contributed by atoms with Crippen molar-refractivity contribution in [2.24, 2.45) is 0 Å². The molecule has 4 rings (SSSR count). The molecule has 2 heterocycles. The number of nitrogens with zero attached hydrogens (tertiary/aromatic N) is 4. The van der Waals surface area contributed by atoms with Gasteiger partial charge >= 0.3 is 0 Å². The molecule has 1 aliphatic heterocycles. The second-order valence-electron chi connectivity index (χ2n) is 7.69. The van der Waals surface area contributed by atoms with Crippen molar-refractivity contribution < 1.29 is 4.79 Å². The van der Waals surface area contributed by atoms with E-state index < -0.39 is 0 Å². The van der Waals surface area contributed by atoms with E-state index >= 15 is 0 Å². The van der Waals surface area contributed by atoms with Gasteiger partial charge in [0.25, 0.3) is 0 Å². The van der Waals surface area contributed by atoms with Crippen LogP contribution in [0.2, 0.25) is 0 Å². The van der Waals surface area contributed by atoms with E-state index in [1.807, 2.05) is 35.2 Å². The van der Waals surface area contributed by atoms with Crippen molar-refractivity contribution >= 4 is 17.8 Å². The van der Waals surface area contributed by atoms with Gasteiger partial charge in [0.15, 0.2) is 0 Å². The van der Waals surface area contributed by atoms with E-state index in [9.17, 15) is 4.79 Å². The first-order valence-electron chi connectivity index (χ1n) is 10.3. The highest BCUT2D eigenvalue weighted by Gasteiger charge is 2.21. The molecule has 152 valence electrons. The molecule has 1 fully saturated rings. The standard InChI is InChI=1S/C25H26N4O/c1-19-6-8-21(9-7-19)10-11-25(30)29-14-12-28(13-15-29)24-17-23(26-18-27-24)22-5-3-4-20(2)16-22/h3-11,16-18H,12-15H2,1-2H3/b11-10+. The average molecular weight is 399 g/mol. The highest BCUT2D eigenvalue weighted by atomic mass is 16.2. The van der Waals surface area contributed by atoms with Gasteiger partial charge in [-0.1, -0.05) is 53.6 Å². The highest BCUT2D eigenvalue weighted by Crippen LogP contribution is 2.22. The Kier molecular flexibility index (Phi) is 5.89. The number of carbonyl (C=O) groups is 1. The number of carbonyl (C=O) groups excluding carboxylic acids is 1. The van der Waals surface area contributed by atoms with Crippen LogP contribution in [0.5, 0.6) is 0 Å². The van der Waals surface area contributed by atoms with Crippen LogP contribution in [0, 0.1) is 13.8 Å². The van der Waals surface area contributed by atoms with Crippen LogP contribution in [0.25, 0.3) is 17.3 Å². The van der Waals surface area contributed by atoms with Crippen molar-refractivity contribution in [1.82, 2.24) is 14.9 Å². The van der Waals surface area contributed by atoms with Crippen LogP contribution in [-0.2, 0) is 4.79 Å². The molecule has 5 heteroatoms. The minimum absolute atomic E-state index is 0.0540. The molecular formula is C25H26N4O. The quantitative estimate of drug-likeness (QED) is 0.620. The predicted molar refractivity (Wildman–Crippen MR) is 121 cm³/mol. The Labute approximate surface area is 177 Å². The third-order valence-electron chi connectivity index (χ3n) is 5.38. The molecular weight excluding hydrogens is 372 g/mol. The van der Waals surface area contributed by atoms with E-state index in [1.54, 1.807) is 12.4 Å². The van der Waals surface area contributed by atoms with Gasteiger partial charge < -0.3 is 9.80 Å². The first-order valence-corrected chi connectivity index (χ1v) is 10.3. The van der Waals surface area contributed by atoms with Crippen LogP contribution < -0.4 is 4.90 Å². The Morgan fingerprint density at radius 1 is 0.900 bits per heavy atom. The second-order valence-corrected chi connectivity index (χ2v) is 7.69. The van der Waals surface area contributed by atoms with E-state index in [-0.39, 0.29) is 5.91 Å². The molecule has 0 bridgehead atoms. The lowest BCUT2D eigenvalue weighted by molar-refractivity contribution is -0.126. The lowest BCUT2D eigenvalue weighted by atomic mass is 10.1. The van der Waals surface area contributed by atoms with E-state index in [2.05, 4.69) is 59.0 Å². The van der Waals surface area contributed by atoms with Gasteiger partial charge in [-0.05, 0) is 31.6 Å². The van der Waals surface area contributed by atoms with E-state index in [4.69, 9.17) is 0 Å². The number of benzene rings is 2. The third kappa shape index (κ3) is 4.74. The Bertz CT molecular complexity index is 1050. The van der Waals surface area contributed by atoms with Crippen molar-refractivity contribution in [2.45, 2.75) is 13.8 Å². The maximum absolute atomic E-state index is 12.5. The zero-order valence-corrected chi connectivity index (χ0v) is 17.5. The van der Waals surface area contributed by atoms with Gasteiger partial charge in [0.05, 0.1) is 5.69 Å². The summed E-state index contributed by atoms with van der Waals surface area (Å²) in [6.07, 6.45) is 5.17. The number of hydrogen-bond donors (Lipinski definition) is 0. The number of amides is 1. The summed E-state index contributed by atoms with van der Waals surface area (Å²) in [6, 6.07) is 18.5. The Balaban J connectivity index is 1.38. The van der Waals surface area contributed by atoms with Crippen LogP contribution in [-0.4, -0.2) is 47.0 Å². The van der Waals surface area contributed by atoms with Crippen molar-refractivity contribution in [3.8, 4) is 11.3 Å². The minimum atomic E-state index is 0.0540. The van der Waals surface area contributed by atoms with Gasteiger partial charge in [0, 0.05) is 43.9 Å². The van der Waals surface area contributed by atoms with Crippen molar-refractivity contribution in [3.63, 3.8) is 0 Å². The summed E-state index contributed by atoms with van der Waals surface area (Å²) in [4.78, 5) is 25.6. The number of hydrogen-bond acceptors (Lipinski definition) is 4. The van der Waals surface area contributed by atoms with Gasteiger partial charge in [-0.25, -0.2) is 9.97 Å². The topological polar surface area (TPSA) is 49.3 Å². The van der Waals surface area contributed by atoms with Gasteiger partial charge in [0.1, 0.15) is 12.1 Å². The summed E-state index contributed by atoms with van der Waals surface area (Å²) in [7, 11) is 0. The van der Waals surface area contributed by atoms with Crippen LogP contribution in [0.3, 0.4) is 0 Å². The predicted octanol–water partition coefficient (Wildman–Crippen LogP) is 4.12. The smallest absolute Gasteiger partial charge is 0.246 e. The lowest BCUT2D eigenvalue weighted by Gasteiger charge is -2.35. The van der Waals surface area contributed by atoms with Gasteiger partial charge in [-0.2, -0.15) is 0 Å². The molecule has 1 amide bonds. The molecule has 0 aliphatic carbocycles. The summed E-state index contributed by atoms with van der Waals surface area (Å²) in [5, 5.41) is 0. The molecule has 0 spiro atoms. The summed E-state index contributed by atoms with van der Waals surface area (Å²) in [5.74, 6) is 0.960. The maximum atomic E-state index is 12.5. The summed E-state index contributed by atoms with van der Waals surface area (Å²) in [6.45, 7) is 7.01. The number of aryl methyl sites for hydroxylation is 2. The van der Waals surface area contributed by atoms with Crippen molar-refractivity contribution in [2.75, 3.05) is 31.1 Å². The molecule has 2 aromatic carbocycles. The van der Waals surface area contributed by atoms with Crippen LogP contribution >= 0.6 is 0 Å². The first kappa shape index (κ1) is 19.8. The molecule has 1 aromatic heterocycles. The molecule has 1 aliphatic rings. The molecule has 0 radical (unpaired) electrons. The fraction of sp³-hybridized carbons (Fsp3) is 0.240. The van der Waals surface area contributed by atoms with Crippen LogP contribution in [0.1, 0.15) is 16.7 Å². The maximum Gasteiger partial charge on any atom is 0.246 e. The van der Waals surface area contributed by atoms with Gasteiger partial charge in [-0.3, -0.25) is 4.79 Å². The number of piperazine rings is 1. The van der Waals surface area contributed by atoms with E-state index in [0.29, 0.717) is 13.1 Å². The molecule has 0 atom stereocenters. The monoisotopic (exact) mass is 398 g/mol. The summed E-state index contributed by atoms with van der Waals surface area (Å²) < 4.78 is 0. The molecule has 0 saturated carbocycles. The molecule has 0 N–H and O–H groups in total. The van der Waals surface area contributed by atoms with Crippen molar-refractivity contribution in [3.05, 3.63) is 83.7 Å². The first-order chi connectivity index (χ1) is 14.6. The fourth-order valence-electron chi connectivity index (χ4n) is 3.59. The summed E-state index contributed by atoms with van der Waals surface area (Å²) >= 11 is 0. The fourth-order valence-corrected chi connectivity index (χ4v) is 3.59. The van der Waals surface area contributed by atoms with Crippen molar-refractivity contribution in [1.29, 1.82) is 0 Å². The average Bonchev–Trinajstić information content (AvgIpc) is 2.79. The zero-order chi connectivity index (χ0) is 20.9. The zero-order valence-electron chi connectivity index (χ0n) is 17.5. The molecule has 1 saturated heterocycles. The second kappa shape index (κ2) is 8.91. The lowest BCUT2D eigenvalue weighted by Crippen LogP contribution is -2.48. The number of rotatable bonds is 4. The van der Waals surface area contributed by atoms with E-state index in [1.165, 1.54) is 11.1 Å². The summed E-state index contributed by atoms with van der Waals surface area (Å²) in [5.41, 5.74) is 5.47. The number of anilines is 1. The normalized spacial score (nSPS) is 14.3. The molecule has 5 nitrogen and oxygen atoms in total. The minimum Gasteiger partial charge on any atom is -0.353 e. The molecule has 3 aromatic rings. The Morgan fingerprint density at radius 2 is 1.67 bits per heavy atom. The largest absolute Gasteiger partial charge is 0.353 e. The molecule has 0 unspecified atom stereocenters.